The lowest BCUT2D eigenvalue weighted by Gasteiger charge is -2.14. The smallest absolute Gasteiger partial charge is 0.201 e. The van der Waals surface area contributed by atoms with Crippen LogP contribution in [-0.2, 0) is 0 Å². The third kappa shape index (κ3) is 2.88. The molecule has 0 aliphatic heterocycles. The van der Waals surface area contributed by atoms with Gasteiger partial charge in [0.2, 0.25) is 5.82 Å². The Hall–Kier alpha value is -2.01. The number of halogens is 3. The fourth-order valence-electron chi connectivity index (χ4n) is 1.65. The maximum absolute atomic E-state index is 13.5. The summed E-state index contributed by atoms with van der Waals surface area (Å²) in [5.41, 5.74) is 6.07. The monoisotopic (exact) mass is 267 g/mol. The quantitative estimate of drug-likeness (QED) is 0.914. The molecule has 2 aromatic carbocycles. The minimum atomic E-state index is -1.09. The molecule has 2 rings (SSSR count). The number of benzene rings is 2. The molecule has 0 amide bonds. The zero-order valence-corrected chi connectivity index (χ0v) is 10.2. The third-order valence-corrected chi connectivity index (χ3v) is 2.60. The number of ether oxygens (including phenoxy) is 1. The first-order valence-corrected chi connectivity index (χ1v) is 5.66. The fraction of sp³-hybridized carbons (Fsp3) is 0.143. The number of hydrogen-bond acceptors (Lipinski definition) is 2. The summed E-state index contributed by atoms with van der Waals surface area (Å²) in [5.74, 6) is -2.65. The van der Waals surface area contributed by atoms with Gasteiger partial charge in [-0.25, -0.2) is 8.78 Å². The molecule has 0 saturated carbocycles. The van der Waals surface area contributed by atoms with Gasteiger partial charge in [-0.05, 0) is 37.3 Å². The summed E-state index contributed by atoms with van der Waals surface area (Å²) in [6.45, 7) is 1.64. The maximum Gasteiger partial charge on any atom is 0.201 e. The van der Waals surface area contributed by atoms with Crippen LogP contribution in [0.2, 0.25) is 0 Å². The molecular formula is C14H12F3NO. The van der Waals surface area contributed by atoms with Gasteiger partial charge in [0.05, 0.1) is 0 Å². The lowest BCUT2D eigenvalue weighted by molar-refractivity contribution is 0.410. The van der Waals surface area contributed by atoms with E-state index in [1.54, 1.807) is 6.92 Å². The molecule has 0 bridgehead atoms. The summed E-state index contributed by atoms with van der Waals surface area (Å²) in [6, 6.07) is 6.80. The SMILES string of the molecule is CC(N)c1cc(F)ccc1Oc1cccc(F)c1F. The van der Waals surface area contributed by atoms with Crippen molar-refractivity contribution >= 4 is 0 Å². The topological polar surface area (TPSA) is 35.2 Å². The average Bonchev–Trinajstić information content (AvgIpc) is 2.36. The largest absolute Gasteiger partial charge is 0.454 e. The van der Waals surface area contributed by atoms with E-state index >= 15 is 0 Å². The van der Waals surface area contributed by atoms with Gasteiger partial charge in [-0.1, -0.05) is 6.07 Å². The van der Waals surface area contributed by atoms with E-state index in [4.69, 9.17) is 10.5 Å². The molecule has 1 atom stereocenters. The summed E-state index contributed by atoms with van der Waals surface area (Å²) >= 11 is 0. The number of nitrogens with two attached hydrogens (primary N) is 1. The van der Waals surface area contributed by atoms with Crippen molar-refractivity contribution in [1.29, 1.82) is 0 Å². The van der Waals surface area contributed by atoms with Crippen LogP contribution in [0.3, 0.4) is 0 Å². The molecule has 0 spiro atoms. The Morgan fingerprint density at radius 3 is 2.47 bits per heavy atom. The van der Waals surface area contributed by atoms with Crippen molar-refractivity contribution in [3.63, 3.8) is 0 Å². The molecule has 0 aliphatic rings. The van der Waals surface area contributed by atoms with Crippen LogP contribution < -0.4 is 10.5 Å². The van der Waals surface area contributed by atoms with Gasteiger partial charge >= 0.3 is 0 Å². The van der Waals surface area contributed by atoms with Gasteiger partial charge in [0.15, 0.2) is 11.6 Å². The van der Waals surface area contributed by atoms with E-state index in [9.17, 15) is 13.2 Å². The first-order valence-electron chi connectivity index (χ1n) is 5.66. The van der Waals surface area contributed by atoms with E-state index in [0.717, 1.165) is 6.07 Å². The van der Waals surface area contributed by atoms with Crippen LogP contribution in [0.4, 0.5) is 13.2 Å². The van der Waals surface area contributed by atoms with E-state index < -0.39 is 23.5 Å². The zero-order valence-electron chi connectivity index (χ0n) is 10.2. The second-order valence-corrected chi connectivity index (χ2v) is 4.12. The minimum absolute atomic E-state index is 0.195. The van der Waals surface area contributed by atoms with Crippen molar-refractivity contribution in [3.05, 3.63) is 59.4 Å². The van der Waals surface area contributed by atoms with Crippen molar-refractivity contribution in [2.75, 3.05) is 0 Å². The Labute approximate surface area is 108 Å². The standard InChI is InChI=1S/C14H12F3NO/c1-8(18)10-7-9(15)5-6-12(10)19-13-4-2-3-11(16)14(13)17/h2-8H,18H2,1H3. The minimum Gasteiger partial charge on any atom is -0.454 e. The van der Waals surface area contributed by atoms with Crippen LogP contribution in [0.25, 0.3) is 0 Å². The third-order valence-electron chi connectivity index (χ3n) is 2.60. The summed E-state index contributed by atoms with van der Waals surface area (Å²) in [7, 11) is 0. The van der Waals surface area contributed by atoms with Gasteiger partial charge in [0.25, 0.3) is 0 Å². The van der Waals surface area contributed by atoms with Crippen molar-refractivity contribution < 1.29 is 17.9 Å². The second kappa shape index (κ2) is 5.32. The lowest BCUT2D eigenvalue weighted by atomic mass is 10.1. The summed E-state index contributed by atoms with van der Waals surface area (Å²) < 4.78 is 45.0. The van der Waals surface area contributed by atoms with Crippen LogP contribution in [-0.4, -0.2) is 0 Å². The molecule has 2 N–H and O–H groups in total. The Balaban J connectivity index is 2.41. The van der Waals surface area contributed by atoms with E-state index in [2.05, 4.69) is 0 Å². The van der Waals surface area contributed by atoms with E-state index in [0.29, 0.717) is 5.56 Å². The van der Waals surface area contributed by atoms with Crippen LogP contribution >= 0.6 is 0 Å². The Kier molecular flexibility index (Phi) is 3.76. The Bertz CT molecular complexity index is 599. The summed E-state index contributed by atoms with van der Waals surface area (Å²) in [5, 5.41) is 0. The van der Waals surface area contributed by atoms with E-state index in [1.165, 1.54) is 30.3 Å². The van der Waals surface area contributed by atoms with Crippen molar-refractivity contribution in [2.24, 2.45) is 5.73 Å². The average molecular weight is 267 g/mol. The first-order chi connectivity index (χ1) is 8.99. The fourth-order valence-corrected chi connectivity index (χ4v) is 1.65. The molecule has 100 valence electrons. The van der Waals surface area contributed by atoms with Gasteiger partial charge in [-0.3, -0.25) is 0 Å². The molecule has 0 aliphatic carbocycles. The van der Waals surface area contributed by atoms with Gasteiger partial charge in [0.1, 0.15) is 11.6 Å². The highest BCUT2D eigenvalue weighted by Crippen LogP contribution is 2.31. The predicted octanol–water partition coefficient (Wildman–Crippen LogP) is 3.92. The summed E-state index contributed by atoms with van der Waals surface area (Å²) in [6.07, 6.45) is 0. The highest BCUT2D eigenvalue weighted by molar-refractivity contribution is 5.40. The zero-order chi connectivity index (χ0) is 14.0. The highest BCUT2D eigenvalue weighted by Gasteiger charge is 2.14. The van der Waals surface area contributed by atoms with Crippen LogP contribution in [0, 0.1) is 17.5 Å². The molecule has 19 heavy (non-hydrogen) atoms. The molecule has 0 fully saturated rings. The predicted molar refractivity (Wildman–Crippen MR) is 65.4 cm³/mol. The molecule has 1 unspecified atom stereocenters. The van der Waals surface area contributed by atoms with Crippen molar-refractivity contribution in [1.82, 2.24) is 0 Å². The van der Waals surface area contributed by atoms with Crippen molar-refractivity contribution in [3.8, 4) is 11.5 Å². The molecule has 0 saturated heterocycles. The molecule has 0 radical (unpaired) electrons. The highest BCUT2D eigenvalue weighted by atomic mass is 19.2. The van der Waals surface area contributed by atoms with Gasteiger partial charge in [-0.2, -0.15) is 4.39 Å². The molecule has 0 aromatic heterocycles. The van der Waals surface area contributed by atoms with Gasteiger partial charge in [0, 0.05) is 11.6 Å². The molecule has 5 heteroatoms. The summed E-state index contributed by atoms with van der Waals surface area (Å²) in [4.78, 5) is 0. The molecule has 2 nitrogen and oxygen atoms in total. The van der Waals surface area contributed by atoms with Crippen LogP contribution in [0.5, 0.6) is 11.5 Å². The normalized spacial score (nSPS) is 12.3. The maximum atomic E-state index is 13.5. The molecule has 0 heterocycles. The molecule has 2 aromatic rings. The van der Waals surface area contributed by atoms with Crippen LogP contribution in [0.15, 0.2) is 36.4 Å². The number of rotatable bonds is 3. The lowest BCUT2D eigenvalue weighted by Crippen LogP contribution is -2.07. The second-order valence-electron chi connectivity index (χ2n) is 4.12. The van der Waals surface area contributed by atoms with Gasteiger partial charge < -0.3 is 10.5 Å². The molecular weight excluding hydrogens is 255 g/mol. The Morgan fingerprint density at radius 2 is 1.79 bits per heavy atom. The number of hydrogen-bond donors (Lipinski definition) is 1. The van der Waals surface area contributed by atoms with E-state index in [1.807, 2.05) is 0 Å². The van der Waals surface area contributed by atoms with Crippen molar-refractivity contribution in [2.45, 2.75) is 13.0 Å². The Morgan fingerprint density at radius 1 is 1.05 bits per heavy atom. The van der Waals surface area contributed by atoms with E-state index in [-0.39, 0.29) is 11.5 Å². The van der Waals surface area contributed by atoms with Gasteiger partial charge in [-0.15, -0.1) is 0 Å². The van der Waals surface area contributed by atoms with Crippen LogP contribution in [0.1, 0.15) is 18.5 Å². The first kappa shape index (κ1) is 13.4.